The summed E-state index contributed by atoms with van der Waals surface area (Å²) in [7, 11) is 0. The Labute approximate surface area is 136 Å². The molecular formula is C21H22F2. The molecule has 0 heterocycles. The zero-order chi connectivity index (χ0) is 16.2. The normalized spacial score (nSPS) is 21.0. The van der Waals surface area contributed by atoms with Crippen LogP contribution in [0.1, 0.15) is 49.7 Å². The number of benzene rings is 2. The third-order valence-electron chi connectivity index (χ3n) is 4.92. The Balaban J connectivity index is 1.73. The highest BCUT2D eigenvalue weighted by Crippen LogP contribution is 2.36. The SMILES string of the molecule is CC1CCC(c2ccc(-c3ccc(C=C(F)F)cc3)cc2)CC1. The van der Waals surface area contributed by atoms with Gasteiger partial charge in [0.25, 0.3) is 6.08 Å². The minimum atomic E-state index is -1.66. The average Bonchev–Trinajstić information content (AvgIpc) is 2.56. The van der Waals surface area contributed by atoms with Gasteiger partial charge in [0, 0.05) is 6.08 Å². The van der Waals surface area contributed by atoms with Crippen molar-refractivity contribution in [1.29, 1.82) is 0 Å². The summed E-state index contributed by atoms with van der Waals surface area (Å²) in [5.74, 6) is 1.56. The van der Waals surface area contributed by atoms with E-state index in [1.165, 1.54) is 31.2 Å². The van der Waals surface area contributed by atoms with Crippen molar-refractivity contribution < 1.29 is 8.78 Å². The molecule has 2 aromatic rings. The molecule has 0 atom stereocenters. The van der Waals surface area contributed by atoms with Gasteiger partial charge in [0.05, 0.1) is 0 Å². The summed E-state index contributed by atoms with van der Waals surface area (Å²) in [5, 5.41) is 0. The van der Waals surface area contributed by atoms with Crippen molar-refractivity contribution in [3.8, 4) is 11.1 Å². The predicted molar refractivity (Wildman–Crippen MR) is 92.4 cm³/mol. The molecule has 1 aliphatic rings. The van der Waals surface area contributed by atoms with Crippen LogP contribution in [0.5, 0.6) is 0 Å². The fraction of sp³-hybridized carbons (Fsp3) is 0.333. The summed E-state index contributed by atoms with van der Waals surface area (Å²) in [4.78, 5) is 0. The van der Waals surface area contributed by atoms with Crippen LogP contribution in [-0.2, 0) is 0 Å². The van der Waals surface area contributed by atoms with E-state index in [-0.39, 0.29) is 0 Å². The van der Waals surface area contributed by atoms with E-state index in [1.807, 2.05) is 12.1 Å². The maximum absolute atomic E-state index is 12.3. The lowest BCUT2D eigenvalue weighted by molar-refractivity contribution is 0.348. The summed E-state index contributed by atoms with van der Waals surface area (Å²) in [6.45, 7) is 2.34. The maximum Gasteiger partial charge on any atom is 0.270 e. The highest BCUT2D eigenvalue weighted by Gasteiger charge is 2.19. The molecule has 0 N–H and O–H groups in total. The van der Waals surface area contributed by atoms with Gasteiger partial charge in [0.2, 0.25) is 0 Å². The van der Waals surface area contributed by atoms with Crippen LogP contribution < -0.4 is 0 Å². The Morgan fingerprint density at radius 1 is 0.826 bits per heavy atom. The molecular weight excluding hydrogens is 290 g/mol. The Morgan fingerprint density at radius 2 is 1.35 bits per heavy atom. The zero-order valence-corrected chi connectivity index (χ0v) is 13.4. The summed E-state index contributed by atoms with van der Waals surface area (Å²) in [6.07, 6.45) is 4.45. The van der Waals surface area contributed by atoms with Gasteiger partial charge in [-0.3, -0.25) is 0 Å². The summed E-state index contributed by atoms with van der Waals surface area (Å²) < 4.78 is 24.5. The quantitative estimate of drug-likeness (QED) is 0.579. The molecule has 23 heavy (non-hydrogen) atoms. The molecule has 0 saturated heterocycles. The Bertz CT molecular complexity index is 656. The largest absolute Gasteiger partial charge is 0.270 e. The van der Waals surface area contributed by atoms with Gasteiger partial charge in [-0.05, 0) is 46.9 Å². The van der Waals surface area contributed by atoms with Crippen LogP contribution in [0.25, 0.3) is 17.2 Å². The van der Waals surface area contributed by atoms with Crippen molar-refractivity contribution >= 4 is 6.08 Å². The van der Waals surface area contributed by atoms with Crippen molar-refractivity contribution in [3.05, 3.63) is 65.7 Å². The molecule has 0 radical (unpaired) electrons. The van der Waals surface area contributed by atoms with Crippen LogP contribution in [0.4, 0.5) is 8.78 Å². The molecule has 3 rings (SSSR count). The van der Waals surface area contributed by atoms with Crippen molar-refractivity contribution in [3.63, 3.8) is 0 Å². The minimum Gasteiger partial charge on any atom is -0.173 e. The van der Waals surface area contributed by atoms with Gasteiger partial charge >= 0.3 is 0 Å². The second kappa shape index (κ2) is 7.08. The molecule has 0 amide bonds. The molecule has 0 aliphatic heterocycles. The Hall–Kier alpha value is -1.96. The molecule has 0 aromatic heterocycles. The maximum atomic E-state index is 12.3. The van der Waals surface area contributed by atoms with E-state index in [0.717, 1.165) is 23.1 Å². The van der Waals surface area contributed by atoms with Crippen LogP contribution >= 0.6 is 0 Å². The molecule has 1 saturated carbocycles. The fourth-order valence-electron chi connectivity index (χ4n) is 3.44. The lowest BCUT2D eigenvalue weighted by Gasteiger charge is -2.26. The number of halogens is 2. The average molecular weight is 312 g/mol. The fourth-order valence-corrected chi connectivity index (χ4v) is 3.44. The second-order valence-electron chi connectivity index (χ2n) is 6.63. The van der Waals surface area contributed by atoms with E-state index < -0.39 is 6.08 Å². The number of rotatable bonds is 3. The van der Waals surface area contributed by atoms with E-state index in [9.17, 15) is 8.78 Å². The molecule has 0 spiro atoms. The standard InChI is InChI=1S/C21H22F2/c1-15-2-6-17(7-3-15)19-10-12-20(13-11-19)18-8-4-16(5-9-18)14-21(22)23/h4-5,8-15,17H,2-3,6-7H2,1H3. The van der Waals surface area contributed by atoms with Crippen molar-refractivity contribution in [1.82, 2.24) is 0 Å². The molecule has 120 valence electrons. The predicted octanol–water partition coefficient (Wildman–Crippen LogP) is 6.88. The summed E-state index contributed by atoms with van der Waals surface area (Å²) in [5.41, 5.74) is 4.15. The van der Waals surface area contributed by atoms with Crippen LogP contribution in [-0.4, -0.2) is 0 Å². The van der Waals surface area contributed by atoms with E-state index in [1.54, 1.807) is 12.1 Å². The van der Waals surface area contributed by atoms with E-state index in [2.05, 4.69) is 31.2 Å². The van der Waals surface area contributed by atoms with E-state index >= 15 is 0 Å². The summed E-state index contributed by atoms with van der Waals surface area (Å²) >= 11 is 0. The van der Waals surface area contributed by atoms with Crippen molar-refractivity contribution in [2.75, 3.05) is 0 Å². The molecule has 1 aliphatic carbocycles. The topological polar surface area (TPSA) is 0 Å². The lowest BCUT2D eigenvalue weighted by atomic mass is 9.79. The zero-order valence-electron chi connectivity index (χ0n) is 13.4. The Kier molecular flexibility index (Phi) is 4.90. The number of hydrogen-bond donors (Lipinski definition) is 0. The van der Waals surface area contributed by atoms with Gasteiger partial charge in [-0.15, -0.1) is 0 Å². The highest BCUT2D eigenvalue weighted by molar-refractivity contribution is 5.66. The highest BCUT2D eigenvalue weighted by atomic mass is 19.3. The summed E-state index contributed by atoms with van der Waals surface area (Å²) in [6, 6.07) is 16.0. The molecule has 0 bridgehead atoms. The molecule has 0 nitrogen and oxygen atoms in total. The second-order valence-corrected chi connectivity index (χ2v) is 6.63. The molecule has 0 unspecified atom stereocenters. The van der Waals surface area contributed by atoms with Crippen LogP contribution in [0, 0.1) is 5.92 Å². The van der Waals surface area contributed by atoms with Gasteiger partial charge in [-0.1, -0.05) is 68.3 Å². The van der Waals surface area contributed by atoms with Gasteiger partial charge in [0.15, 0.2) is 0 Å². The van der Waals surface area contributed by atoms with Crippen molar-refractivity contribution in [2.24, 2.45) is 5.92 Å². The third kappa shape index (κ3) is 4.07. The van der Waals surface area contributed by atoms with Crippen LogP contribution in [0.15, 0.2) is 54.6 Å². The third-order valence-corrected chi connectivity index (χ3v) is 4.92. The lowest BCUT2D eigenvalue weighted by Crippen LogP contribution is -2.10. The first kappa shape index (κ1) is 15.9. The molecule has 2 aromatic carbocycles. The van der Waals surface area contributed by atoms with Crippen LogP contribution in [0.3, 0.4) is 0 Å². The van der Waals surface area contributed by atoms with Gasteiger partial charge in [-0.25, -0.2) is 0 Å². The first-order valence-corrected chi connectivity index (χ1v) is 8.35. The van der Waals surface area contributed by atoms with Crippen LogP contribution in [0.2, 0.25) is 0 Å². The van der Waals surface area contributed by atoms with Gasteiger partial charge < -0.3 is 0 Å². The van der Waals surface area contributed by atoms with Gasteiger partial charge in [-0.2, -0.15) is 8.78 Å². The monoisotopic (exact) mass is 312 g/mol. The van der Waals surface area contributed by atoms with E-state index in [0.29, 0.717) is 11.5 Å². The molecule has 2 heteroatoms. The molecule has 1 fully saturated rings. The first-order chi connectivity index (χ1) is 11.1. The van der Waals surface area contributed by atoms with E-state index in [4.69, 9.17) is 0 Å². The first-order valence-electron chi connectivity index (χ1n) is 8.35. The van der Waals surface area contributed by atoms with Crippen molar-refractivity contribution in [2.45, 2.75) is 38.5 Å². The smallest absolute Gasteiger partial charge is 0.173 e. The number of hydrogen-bond acceptors (Lipinski definition) is 0. The van der Waals surface area contributed by atoms with Gasteiger partial charge in [0.1, 0.15) is 0 Å². The Morgan fingerprint density at radius 3 is 1.87 bits per heavy atom. The minimum absolute atomic E-state index is 0.529.